The molecule has 88 valence electrons. The van der Waals surface area contributed by atoms with Gasteiger partial charge in [-0.1, -0.05) is 6.07 Å². The number of benzene rings is 1. The van der Waals surface area contributed by atoms with E-state index in [1.165, 1.54) is 24.0 Å². The lowest BCUT2D eigenvalue weighted by molar-refractivity contribution is 0.870. The summed E-state index contributed by atoms with van der Waals surface area (Å²) in [6.07, 6.45) is 2.39. The number of aromatic nitrogens is 3. The molecule has 0 saturated heterocycles. The van der Waals surface area contributed by atoms with Crippen molar-refractivity contribution in [1.29, 1.82) is 0 Å². The third-order valence-corrected chi connectivity index (χ3v) is 3.58. The second-order valence-corrected chi connectivity index (χ2v) is 5.04. The molecular weight excluding hydrogens is 234 g/mol. The molecule has 0 N–H and O–H groups in total. The molecule has 0 spiro atoms. The molecule has 0 aliphatic heterocycles. The van der Waals surface area contributed by atoms with Crippen molar-refractivity contribution in [1.82, 2.24) is 14.8 Å². The molecule has 4 heteroatoms. The molecule has 0 amide bonds. The highest BCUT2D eigenvalue weighted by Gasteiger charge is 2.30. The van der Waals surface area contributed by atoms with Crippen LogP contribution in [-0.4, -0.2) is 14.8 Å². The predicted octanol–water partition coefficient (Wildman–Crippen LogP) is 3.41. The largest absolute Gasteiger partial charge is 0.270 e. The highest BCUT2D eigenvalue weighted by atomic mass is 35.5. The normalized spacial score (nSPS) is 15.2. The first-order chi connectivity index (χ1) is 8.16. The van der Waals surface area contributed by atoms with Gasteiger partial charge in [0, 0.05) is 5.92 Å². The molecule has 0 unspecified atom stereocenters. The van der Waals surface area contributed by atoms with Gasteiger partial charge in [0.2, 0.25) is 5.28 Å². The average molecular weight is 248 g/mol. The minimum atomic E-state index is 0.454. The van der Waals surface area contributed by atoms with Crippen molar-refractivity contribution in [2.45, 2.75) is 32.6 Å². The maximum Gasteiger partial charge on any atom is 0.229 e. The molecule has 1 aliphatic carbocycles. The standard InChI is InChI=1S/C13H14ClN3/c1-8-3-6-11(7-9(8)2)17-12(10-4-5-10)15-16-13(17)14/h3,6-7,10H,4-5H2,1-2H3. The van der Waals surface area contributed by atoms with Crippen LogP contribution in [0, 0.1) is 13.8 Å². The van der Waals surface area contributed by atoms with Gasteiger partial charge in [0.05, 0.1) is 5.69 Å². The number of aryl methyl sites for hydroxylation is 2. The molecule has 0 bridgehead atoms. The predicted molar refractivity (Wildman–Crippen MR) is 67.8 cm³/mol. The second-order valence-electron chi connectivity index (χ2n) is 4.71. The van der Waals surface area contributed by atoms with Crippen LogP contribution < -0.4 is 0 Å². The number of hydrogen-bond donors (Lipinski definition) is 0. The van der Waals surface area contributed by atoms with Crippen molar-refractivity contribution in [3.63, 3.8) is 0 Å². The van der Waals surface area contributed by atoms with Crippen LogP contribution in [0.2, 0.25) is 5.28 Å². The van der Waals surface area contributed by atoms with Gasteiger partial charge in [-0.05, 0) is 61.5 Å². The molecule has 3 rings (SSSR count). The third kappa shape index (κ3) is 1.84. The Bertz CT molecular complexity index is 570. The zero-order valence-electron chi connectivity index (χ0n) is 9.94. The minimum absolute atomic E-state index is 0.454. The van der Waals surface area contributed by atoms with Gasteiger partial charge in [-0.15, -0.1) is 10.2 Å². The van der Waals surface area contributed by atoms with E-state index in [-0.39, 0.29) is 0 Å². The summed E-state index contributed by atoms with van der Waals surface area (Å²) in [5.74, 6) is 1.54. The Morgan fingerprint density at radius 2 is 1.94 bits per heavy atom. The van der Waals surface area contributed by atoms with Gasteiger partial charge >= 0.3 is 0 Å². The molecule has 0 radical (unpaired) electrons. The molecule has 3 nitrogen and oxygen atoms in total. The van der Waals surface area contributed by atoms with E-state index in [0.29, 0.717) is 11.2 Å². The minimum Gasteiger partial charge on any atom is -0.270 e. The summed E-state index contributed by atoms with van der Waals surface area (Å²) in [4.78, 5) is 0. The summed E-state index contributed by atoms with van der Waals surface area (Å²) in [6, 6.07) is 6.32. The molecule has 2 aromatic rings. The Labute approximate surface area is 105 Å². The highest BCUT2D eigenvalue weighted by Crippen LogP contribution is 2.40. The summed E-state index contributed by atoms with van der Waals surface area (Å²) in [5, 5.41) is 8.63. The zero-order valence-corrected chi connectivity index (χ0v) is 10.7. The van der Waals surface area contributed by atoms with E-state index in [1.807, 2.05) is 4.57 Å². The van der Waals surface area contributed by atoms with Crippen molar-refractivity contribution in [3.8, 4) is 5.69 Å². The van der Waals surface area contributed by atoms with E-state index >= 15 is 0 Å². The summed E-state index contributed by atoms with van der Waals surface area (Å²) < 4.78 is 1.96. The smallest absolute Gasteiger partial charge is 0.229 e. The van der Waals surface area contributed by atoms with Gasteiger partial charge in [-0.2, -0.15) is 0 Å². The fourth-order valence-corrected chi connectivity index (χ4v) is 2.21. The Balaban J connectivity index is 2.13. The highest BCUT2D eigenvalue weighted by molar-refractivity contribution is 6.28. The number of rotatable bonds is 2. The van der Waals surface area contributed by atoms with Crippen molar-refractivity contribution in [3.05, 3.63) is 40.4 Å². The van der Waals surface area contributed by atoms with Gasteiger partial charge in [0.15, 0.2) is 0 Å². The van der Waals surface area contributed by atoms with Crippen molar-refractivity contribution >= 4 is 11.6 Å². The van der Waals surface area contributed by atoms with Crippen LogP contribution in [0.15, 0.2) is 18.2 Å². The van der Waals surface area contributed by atoms with Gasteiger partial charge in [-0.3, -0.25) is 4.57 Å². The Hall–Kier alpha value is -1.35. The topological polar surface area (TPSA) is 30.7 Å². The molecule has 1 aliphatic rings. The van der Waals surface area contributed by atoms with E-state index in [0.717, 1.165) is 11.5 Å². The van der Waals surface area contributed by atoms with Crippen LogP contribution in [0.5, 0.6) is 0 Å². The van der Waals surface area contributed by atoms with Crippen LogP contribution in [0.25, 0.3) is 5.69 Å². The number of nitrogens with zero attached hydrogens (tertiary/aromatic N) is 3. The zero-order chi connectivity index (χ0) is 12.0. The second kappa shape index (κ2) is 3.84. The molecule has 1 saturated carbocycles. The van der Waals surface area contributed by atoms with Gasteiger partial charge in [0.25, 0.3) is 0 Å². The van der Waals surface area contributed by atoms with Crippen LogP contribution in [0.1, 0.15) is 35.7 Å². The van der Waals surface area contributed by atoms with Gasteiger partial charge in [0.1, 0.15) is 5.82 Å². The van der Waals surface area contributed by atoms with Crippen molar-refractivity contribution < 1.29 is 0 Å². The molecular formula is C13H14ClN3. The summed E-state index contributed by atoms with van der Waals surface area (Å²) in [7, 11) is 0. The number of hydrogen-bond acceptors (Lipinski definition) is 2. The Kier molecular flexibility index (Phi) is 2.44. The van der Waals surface area contributed by atoms with Gasteiger partial charge < -0.3 is 0 Å². The lowest BCUT2D eigenvalue weighted by Crippen LogP contribution is -2.01. The van der Waals surface area contributed by atoms with Gasteiger partial charge in [-0.25, -0.2) is 0 Å². The Morgan fingerprint density at radius 1 is 1.18 bits per heavy atom. The Morgan fingerprint density at radius 3 is 2.59 bits per heavy atom. The maximum absolute atomic E-state index is 6.13. The first kappa shape index (κ1) is 10.8. The van der Waals surface area contributed by atoms with E-state index in [2.05, 4.69) is 42.2 Å². The third-order valence-electron chi connectivity index (χ3n) is 3.34. The molecule has 1 heterocycles. The molecule has 17 heavy (non-hydrogen) atoms. The first-order valence-electron chi connectivity index (χ1n) is 5.85. The number of halogens is 1. The van der Waals surface area contributed by atoms with Crippen molar-refractivity contribution in [2.24, 2.45) is 0 Å². The molecule has 1 aromatic carbocycles. The van der Waals surface area contributed by atoms with Crippen LogP contribution in [0.4, 0.5) is 0 Å². The fourth-order valence-electron chi connectivity index (χ4n) is 1.99. The average Bonchev–Trinajstić information content (AvgIpc) is 3.07. The van der Waals surface area contributed by atoms with Crippen molar-refractivity contribution in [2.75, 3.05) is 0 Å². The summed E-state index contributed by atoms with van der Waals surface area (Å²) >= 11 is 6.13. The van der Waals surface area contributed by atoms with E-state index in [9.17, 15) is 0 Å². The van der Waals surface area contributed by atoms with Crippen LogP contribution in [0.3, 0.4) is 0 Å². The van der Waals surface area contributed by atoms with Crippen LogP contribution >= 0.6 is 11.6 Å². The van der Waals surface area contributed by atoms with E-state index in [1.54, 1.807) is 0 Å². The summed E-state index contributed by atoms with van der Waals surface area (Å²) in [6.45, 7) is 4.21. The molecule has 1 fully saturated rings. The van der Waals surface area contributed by atoms with Crippen LogP contribution in [-0.2, 0) is 0 Å². The quantitative estimate of drug-likeness (QED) is 0.814. The van der Waals surface area contributed by atoms with E-state index < -0.39 is 0 Å². The molecule has 1 aromatic heterocycles. The lowest BCUT2D eigenvalue weighted by atomic mass is 10.1. The summed E-state index contributed by atoms with van der Waals surface area (Å²) in [5.41, 5.74) is 3.60. The molecule has 0 atom stereocenters. The fraction of sp³-hybridized carbons (Fsp3) is 0.385. The maximum atomic E-state index is 6.13. The monoisotopic (exact) mass is 247 g/mol. The van der Waals surface area contributed by atoms with E-state index in [4.69, 9.17) is 11.6 Å². The first-order valence-corrected chi connectivity index (χ1v) is 6.23. The lowest BCUT2D eigenvalue weighted by Gasteiger charge is -2.09. The SMILES string of the molecule is Cc1ccc(-n2c(Cl)nnc2C2CC2)cc1C.